The van der Waals surface area contributed by atoms with Crippen LogP contribution in [0, 0.1) is 0 Å². The molecular formula is C10H19F2NOS. The Kier molecular flexibility index (Phi) is 5.29. The van der Waals surface area contributed by atoms with Crippen LogP contribution in [0.2, 0.25) is 0 Å². The minimum atomic E-state index is -2.46. The molecule has 0 aromatic rings. The molecule has 90 valence electrons. The highest BCUT2D eigenvalue weighted by molar-refractivity contribution is 7.99. The lowest BCUT2D eigenvalue weighted by Crippen LogP contribution is -2.27. The van der Waals surface area contributed by atoms with Crippen LogP contribution in [0.4, 0.5) is 8.78 Å². The number of alkyl halides is 2. The summed E-state index contributed by atoms with van der Waals surface area (Å²) in [6.07, 6.45) is 2.84. The standard InChI is InChI=1S/C10H19F2NOS/c1-9(15-2)14-7-3-5-13-6-4-10(11,12)8-13/h9H,3-8H2,1-2H3. The van der Waals surface area contributed by atoms with Crippen LogP contribution in [0.1, 0.15) is 19.8 Å². The molecule has 0 aliphatic carbocycles. The fourth-order valence-corrected chi connectivity index (χ4v) is 1.84. The minimum absolute atomic E-state index is 0.00900. The predicted octanol–water partition coefficient (Wildman–Crippen LogP) is 2.44. The molecular weight excluding hydrogens is 220 g/mol. The number of likely N-dealkylation sites (tertiary alicyclic amines) is 1. The van der Waals surface area contributed by atoms with Gasteiger partial charge in [0.25, 0.3) is 5.92 Å². The molecule has 0 spiro atoms. The van der Waals surface area contributed by atoms with Crippen molar-refractivity contribution in [2.45, 2.75) is 31.1 Å². The summed E-state index contributed by atoms with van der Waals surface area (Å²) in [6.45, 7) is 3.81. The first-order chi connectivity index (χ1) is 7.03. The van der Waals surface area contributed by atoms with Gasteiger partial charge in [0.05, 0.1) is 12.0 Å². The summed E-state index contributed by atoms with van der Waals surface area (Å²) >= 11 is 1.65. The van der Waals surface area contributed by atoms with E-state index in [0.717, 1.165) is 13.0 Å². The summed E-state index contributed by atoms with van der Waals surface area (Å²) in [5.74, 6) is -2.46. The second kappa shape index (κ2) is 6.01. The molecule has 1 saturated heterocycles. The van der Waals surface area contributed by atoms with Crippen molar-refractivity contribution in [3.8, 4) is 0 Å². The van der Waals surface area contributed by atoms with E-state index < -0.39 is 5.92 Å². The normalized spacial score (nSPS) is 23.2. The molecule has 5 heteroatoms. The van der Waals surface area contributed by atoms with E-state index in [4.69, 9.17) is 4.74 Å². The lowest BCUT2D eigenvalue weighted by Gasteiger charge is -2.16. The Bertz CT molecular complexity index is 192. The smallest absolute Gasteiger partial charge is 0.261 e. The van der Waals surface area contributed by atoms with Crippen molar-refractivity contribution in [3.05, 3.63) is 0 Å². The van der Waals surface area contributed by atoms with Crippen molar-refractivity contribution in [1.82, 2.24) is 4.90 Å². The van der Waals surface area contributed by atoms with Gasteiger partial charge in [-0.15, -0.1) is 11.8 Å². The van der Waals surface area contributed by atoms with E-state index in [1.165, 1.54) is 0 Å². The van der Waals surface area contributed by atoms with Crippen LogP contribution in [0.3, 0.4) is 0 Å². The van der Waals surface area contributed by atoms with Gasteiger partial charge in [-0.3, -0.25) is 4.90 Å². The number of nitrogens with zero attached hydrogens (tertiary/aromatic N) is 1. The highest BCUT2D eigenvalue weighted by Crippen LogP contribution is 2.26. The number of rotatable bonds is 6. The fraction of sp³-hybridized carbons (Fsp3) is 1.00. The summed E-state index contributed by atoms with van der Waals surface area (Å²) in [5, 5.41) is 0. The van der Waals surface area contributed by atoms with Crippen molar-refractivity contribution in [1.29, 1.82) is 0 Å². The Labute approximate surface area is 94.3 Å². The zero-order valence-corrected chi connectivity index (χ0v) is 10.2. The van der Waals surface area contributed by atoms with E-state index in [9.17, 15) is 8.78 Å². The average Bonchev–Trinajstić information content (AvgIpc) is 2.52. The number of hydrogen-bond acceptors (Lipinski definition) is 3. The first-order valence-electron chi connectivity index (χ1n) is 5.28. The van der Waals surface area contributed by atoms with E-state index in [-0.39, 0.29) is 18.4 Å². The molecule has 1 rings (SSSR count). The van der Waals surface area contributed by atoms with Crippen LogP contribution >= 0.6 is 11.8 Å². The predicted molar refractivity (Wildman–Crippen MR) is 59.6 cm³/mol. The number of hydrogen-bond donors (Lipinski definition) is 0. The topological polar surface area (TPSA) is 12.5 Å². The molecule has 0 radical (unpaired) electrons. The lowest BCUT2D eigenvalue weighted by molar-refractivity contribution is 0.0111. The van der Waals surface area contributed by atoms with Crippen LogP contribution in [0.25, 0.3) is 0 Å². The third kappa shape index (κ3) is 5.13. The second-order valence-electron chi connectivity index (χ2n) is 3.91. The van der Waals surface area contributed by atoms with Crippen molar-refractivity contribution >= 4 is 11.8 Å². The Balaban J connectivity index is 2.02. The molecule has 1 unspecified atom stereocenters. The highest BCUT2D eigenvalue weighted by atomic mass is 32.2. The van der Waals surface area contributed by atoms with E-state index >= 15 is 0 Å². The molecule has 0 amide bonds. The van der Waals surface area contributed by atoms with Crippen molar-refractivity contribution in [3.63, 3.8) is 0 Å². The first kappa shape index (κ1) is 13.2. The monoisotopic (exact) mass is 239 g/mol. The molecule has 0 saturated carbocycles. The Morgan fingerprint density at radius 3 is 2.80 bits per heavy atom. The van der Waals surface area contributed by atoms with Crippen molar-refractivity contribution in [2.24, 2.45) is 0 Å². The molecule has 15 heavy (non-hydrogen) atoms. The molecule has 1 atom stereocenters. The van der Waals surface area contributed by atoms with Crippen LogP contribution in [0.15, 0.2) is 0 Å². The van der Waals surface area contributed by atoms with E-state index in [1.807, 2.05) is 18.1 Å². The van der Waals surface area contributed by atoms with Gasteiger partial charge in [0.1, 0.15) is 0 Å². The molecule has 0 aromatic carbocycles. The van der Waals surface area contributed by atoms with Crippen molar-refractivity contribution < 1.29 is 13.5 Å². The molecule has 0 bridgehead atoms. The zero-order chi connectivity index (χ0) is 11.3. The van der Waals surface area contributed by atoms with E-state index in [2.05, 4.69) is 0 Å². The molecule has 1 aliphatic rings. The maximum atomic E-state index is 12.8. The Hall–Kier alpha value is 0.130. The average molecular weight is 239 g/mol. The summed E-state index contributed by atoms with van der Waals surface area (Å²) in [7, 11) is 0. The summed E-state index contributed by atoms with van der Waals surface area (Å²) in [6, 6.07) is 0. The third-order valence-electron chi connectivity index (χ3n) is 2.55. The highest BCUT2D eigenvalue weighted by Gasteiger charge is 2.37. The SMILES string of the molecule is CSC(C)OCCCN1CCC(F)(F)C1. The number of ether oxygens (including phenoxy) is 1. The maximum absolute atomic E-state index is 12.8. The van der Waals surface area contributed by atoms with Gasteiger partial charge in [0.2, 0.25) is 0 Å². The van der Waals surface area contributed by atoms with Crippen LogP contribution in [0.5, 0.6) is 0 Å². The number of halogens is 2. The lowest BCUT2D eigenvalue weighted by atomic mass is 10.3. The largest absolute Gasteiger partial charge is 0.368 e. The maximum Gasteiger partial charge on any atom is 0.261 e. The number of thioether (sulfide) groups is 1. The van der Waals surface area contributed by atoms with Crippen LogP contribution in [-0.4, -0.2) is 48.8 Å². The third-order valence-corrected chi connectivity index (χ3v) is 3.35. The fourth-order valence-electron chi connectivity index (χ4n) is 1.60. The quantitative estimate of drug-likeness (QED) is 0.522. The summed E-state index contributed by atoms with van der Waals surface area (Å²) in [4.78, 5) is 1.81. The minimum Gasteiger partial charge on any atom is -0.368 e. The zero-order valence-electron chi connectivity index (χ0n) is 9.34. The summed E-state index contributed by atoms with van der Waals surface area (Å²) in [5.41, 5.74) is 0.199. The van der Waals surface area contributed by atoms with E-state index in [0.29, 0.717) is 13.2 Å². The van der Waals surface area contributed by atoms with Crippen LogP contribution < -0.4 is 0 Å². The first-order valence-corrected chi connectivity index (χ1v) is 6.57. The van der Waals surface area contributed by atoms with Gasteiger partial charge in [-0.1, -0.05) is 0 Å². The molecule has 0 aromatic heterocycles. The van der Waals surface area contributed by atoms with Gasteiger partial charge < -0.3 is 4.74 Å². The summed E-state index contributed by atoms with van der Waals surface area (Å²) < 4.78 is 31.1. The van der Waals surface area contributed by atoms with Gasteiger partial charge in [-0.05, 0) is 19.6 Å². The molecule has 2 nitrogen and oxygen atoms in total. The van der Waals surface area contributed by atoms with Crippen LogP contribution in [-0.2, 0) is 4.74 Å². The molecule has 1 heterocycles. The second-order valence-corrected chi connectivity index (χ2v) is 5.05. The van der Waals surface area contributed by atoms with Gasteiger partial charge in [0, 0.05) is 26.1 Å². The molecule has 0 N–H and O–H groups in total. The molecule has 1 aliphatic heterocycles. The van der Waals surface area contributed by atoms with E-state index in [1.54, 1.807) is 11.8 Å². The van der Waals surface area contributed by atoms with Crippen molar-refractivity contribution in [2.75, 3.05) is 32.5 Å². The van der Waals surface area contributed by atoms with Gasteiger partial charge in [-0.2, -0.15) is 0 Å². The van der Waals surface area contributed by atoms with Gasteiger partial charge >= 0.3 is 0 Å². The molecule has 1 fully saturated rings. The van der Waals surface area contributed by atoms with Gasteiger partial charge in [0.15, 0.2) is 0 Å². The Morgan fingerprint density at radius 2 is 2.27 bits per heavy atom. The Morgan fingerprint density at radius 1 is 1.53 bits per heavy atom. The van der Waals surface area contributed by atoms with Gasteiger partial charge in [-0.25, -0.2) is 8.78 Å².